The molecule has 3 aromatic rings. The SMILES string of the molecule is NC(=O)c1cc(-c2ccc(-c3ccccc3)cc2)oc1C(F)(F)F. The zero-order chi connectivity index (χ0) is 17.3. The summed E-state index contributed by atoms with van der Waals surface area (Å²) >= 11 is 0. The van der Waals surface area contributed by atoms with Crippen LogP contribution in [0.4, 0.5) is 13.2 Å². The summed E-state index contributed by atoms with van der Waals surface area (Å²) < 4.78 is 43.6. The number of hydrogen-bond acceptors (Lipinski definition) is 2. The highest BCUT2D eigenvalue weighted by atomic mass is 19.4. The second-order valence-corrected chi connectivity index (χ2v) is 5.16. The van der Waals surface area contributed by atoms with Gasteiger partial charge in [-0.2, -0.15) is 13.2 Å². The fourth-order valence-corrected chi connectivity index (χ4v) is 2.38. The van der Waals surface area contributed by atoms with Crippen molar-refractivity contribution in [2.45, 2.75) is 6.18 Å². The molecule has 2 N–H and O–H groups in total. The number of amides is 1. The molecule has 6 heteroatoms. The molecule has 0 radical (unpaired) electrons. The lowest BCUT2D eigenvalue weighted by atomic mass is 10.0. The number of benzene rings is 2. The highest BCUT2D eigenvalue weighted by molar-refractivity contribution is 5.95. The molecule has 1 heterocycles. The maximum absolute atomic E-state index is 12.9. The molecule has 0 saturated heterocycles. The molecule has 24 heavy (non-hydrogen) atoms. The van der Waals surface area contributed by atoms with Crippen molar-refractivity contribution in [2.24, 2.45) is 5.73 Å². The monoisotopic (exact) mass is 331 g/mol. The Kier molecular flexibility index (Phi) is 3.89. The Morgan fingerprint density at radius 1 is 0.875 bits per heavy atom. The molecule has 2 aromatic carbocycles. The van der Waals surface area contributed by atoms with Crippen molar-refractivity contribution < 1.29 is 22.4 Å². The fraction of sp³-hybridized carbons (Fsp3) is 0.0556. The van der Waals surface area contributed by atoms with Gasteiger partial charge < -0.3 is 10.2 Å². The Morgan fingerprint density at radius 3 is 1.92 bits per heavy atom. The molecular formula is C18H12F3NO2. The van der Waals surface area contributed by atoms with Gasteiger partial charge in [0.05, 0.1) is 5.56 Å². The molecule has 0 fully saturated rings. The third-order valence-corrected chi connectivity index (χ3v) is 3.53. The molecule has 0 spiro atoms. The van der Waals surface area contributed by atoms with Crippen LogP contribution in [0.3, 0.4) is 0 Å². The van der Waals surface area contributed by atoms with E-state index in [0.29, 0.717) is 5.56 Å². The van der Waals surface area contributed by atoms with Gasteiger partial charge in [0, 0.05) is 5.56 Å². The van der Waals surface area contributed by atoms with Crippen LogP contribution in [0, 0.1) is 0 Å². The molecule has 0 aliphatic rings. The van der Waals surface area contributed by atoms with Crippen LogP contribution < -0.4 is 5.73 Å². The van der Waals surface area contributed by atoms with Crippen LogP contribution in [-0.2, 0) is 6.18 Å². The Hall–Kier alpha value is -3.02. The van der Waals surface area contributed by atoms with Gasteiger partial charge in [0.15, 0.2) is 0 Å². The zero-order valence-corrected chi connectivity index (χ0v) is 12.3. The van der Waals surface area contributed by atoms with Gasteiger partial charge in [-0.15, -0.1) is 0 Å². The van der Waals surface area contributed by atoms with Gasteiger partial charge in [-0.3, -0.25) is 4.79 Å². The molecule has 0 unspecified atom stereocenters. The topological polar surface area (TPSA) is 56.2 Å². The second-order valence-electron chi connectivity index (χ2n) is 5.16. The van der Waals surface area contributed by atoms with E-state index in [9.17, 15) is 18.0 Å². The predicted molar refractivity (Wildman–Crippen MR) is 83.1 cm³/mol. The lowest BCUT2D eigenvalue weighted by Gasteiger charge is -2.04. The highest BCUT2D eigenvalue weighted by Gasteiger charge is 2.40. The van der Waals surface area contributed by atoms with Crippen LogP contribution in [0.25, 0.3) is 22.5 Å². The molecule has 1 amide bonds. The number of carbonyl (C=O) groups is 1. The smallest absolute Gasteiger partial charge is 0.450 e. The summed E-state index contributed by atoms with van der Waals surface area (Å²) in [4.78, 5) is 11.2. The van der Waals surface area contributed by atoms with Gasteiger partial charge in [0.25, 0.3) is 5.91 Å². The van der Waals surface area contributed by atoms with E-state index in [1.54, 1.807) is 24.3 Å². The Bertz CT molecular complexity index is 866. The van der Waals surface area contributed by atoms with E-state index in [2.05, 4.69) is 0 Å². The Labute approximate surface area is 135 Å². The van der Waals surface area contributed by atoms with Crippen molar-refractivity contribution in [3.05, 3.63) is 72.0 Å². The standard InChI is InChI=1S/C18H12F3NO2/c19-18(20,21)16-14(17(22)23)10-15(24-16)13-8-6-12(7-9-13)11-4-2-1-3-5-11/h1-10H,(H2,22,23). The number of hydrogen-bond donors (Lipinski definition) is 1. The summed E-state index contributed by atoms with van der Waals surface area (Å²) in [7, 11) is 0. The fourth-order valence-electron chi connectivity index (χ4n) is 2.38. The maximum Gasteiger partial charge on any atom is 0.450 e. The third kappa shape index (κ3) is 3.03. The Balaban J connectivity index is 1.99. The minimum atomic E-state index is -4.79. The van der Waals surface area contributed by atoms with E-state index >= 15 is 0 Å². The summed E-state index contributed by atoms with van der Waals surface area (Å²) in [6, 6.07) is 17.3. The van der Waals surface area contributed by atoms with Crippen LogP contribution in [0.5, 0.6) is 0 Å². The number of primary amides is 1. The van der Waals surface area contributed by atoms with Crippen LogP contribution in [0.1, 0.15) is 16.1 Å². The van der Waals surface area contributed by atoms with Crippen molar-refractivity contribution in [1.82, 2.24) is 0 Å². The zero-order valence-electron chi connectivity index (χ0n) is 12.3. The molecule has 0 bridgehead atoms. The van der Waals surface area contributed by atoms with E-state index in [-0.39, 0.29) is 5.76 Å². The summed E-state index contributed by atoms with van der Waals surface area (Å²) in [6.45, 7) is 0. The first kappa shape index (κ1) is 15.9. The summed E-state index contributed by atoms with van der Waals surface area (Å²) in [5.74, 6) is -2.62. The highest BCUT2D eigenvalue weighted by Crippen LogP contribution is 2.37. The van der Waals surface area contributed by atoms with Crippen LogP contribution >= 0.6 is 0 Å². The third-order valence-electron chi connectivity index (χ3n) is 3.53. The van der Waals surface area contributed by atoms with E-state index in [1.807, 2.05) is 30.3 Å². The molecule has 0 atom stereocenters. The average Bonchev–Trinajstić information content (AvgIpc) is 3.02. The minimum Gasteiger partial charge on any atom is -0.451 e. The van der Waals surface area contributed by atoms with Crippen LogP contribution in [-0.4, -0.2) is 5.91 Å². The average molecular weight is 331 g/mol. The van der Waals surface area contributed by atoms with E-state index in [0.717, 1.165) is 17.2 Å². The van der Waals surface area contributed by atoms with Crippen molar-refractivity contribution in [3.63, 3.8) is 0 Å². The minimum absolute atomic E-state index is 0.0595. The first-order chi connectivity index (χ1) is 11.4. The number of alkyl halides is 3. The van der Waals surface area contributed by atoms with Crippen molar-refractivity contribution >= 4 is 5.91 Å². The second kappa shape index (κ2) is 5.88. The molecule has 0 saturated carbocycles. The van der Waals surface area contributed by atoms with Gasteiger partial charge in [-0.25, -0.2) is 0 Å². The van der Waals surface area contributed by atoms with Crippen LogP contribution in [0.15, 0.2) is 65.1 Å². The maximum atomic E-state index is 12.9. The largest absolute Gasteiger partial charge is 0.451 e. The number of carbonyl (C=O) groups excluding carboxylic acids is 1. The van der Waals surface area contributed by atoms with E-state index < -0.39 is 23.4 Å². The number of furan rings is 1. The quantitative estimate of drug-likeness (QED) is 0.754. The number of halogens is 3. The molecule has 3 nitrogen and oxygen atoms in total. The summed E-state index contributed by atoms with van der Waals surface area (Å²) in [5, 5.41) is 0. The van der Waals surface area contributed by atoms with Gasteiger partial charge in [-0.1, -0.05) is 54.6 Å². The van der Waals surface area contributed by atoms with Crippen molar-refractivity contribution in [1.29, 1.82) is 0 Å². The first-order valence-corrected chi connectivity index (χ1v) is 7.03. The molecule has 3 rings (SSSR count). The van der Waals surface area contributed by atoms with Gasteiger partial charge in [0.1, 0.15) is 5.76 Å². The normalized spacial score (nSPS) is 11.5. The first-order valence-electron chi connectivity index (χ1n) is 7.03. The molecule has 0 aliphatic carbocycles. The van der Waals surface area contributed by atoms with Crippen molar-refractivity contribution in [3.8, 4) is 22.5 Å². The molecule has 122 valence electrons. The molecule has 0 aliphatic heterocycles. The predicted octanol–water partition coefficient (Wildman–Crippen LogP) is 4.73. The lowest BCUT2D eigenvalue weighted by molar-refractivity contribution is -0.153. The molecule has 1 aromatic heterocycles. The number of rotatable bonds is 3. The molecular weight excluding hydrogens is 319 g/mol. The van der Waals surface area contributed by atoms with Gasteiger partial charge in [0.2, 0.25) is 5.76 Å². The summed E-state index contributed by atoms with van der Waals surface area (Å²) in [5.41, 5.74) is 6.65. The van der Waals surface area contributed by atoms with Gasteiger partial charge >= 0.3 is 6.18 Å². The van der Waals surface area contributed by atoms with E-state index in [4.69, 9.17) is 10.2 Å². The van der Waals surface area contributed by atoms with E-state index in [1.165, 1.54) is 0 Å². The van der Waals surface area contributed by atoms with Gasteiger partial charge in [-0.05, 0) is 17.2 Å². The summed E-state index contributed by atoms with van der Waals surface area (Å²) in [6.07, 6.45) is -4.79. The van der Waals surface area contributed by atoms with Crippen LogP contribution in [0.2, 0.25) is 0 Å². The lowest BCUT2D eigenvalue weighted by Crippen LogP contribution is -2.16. The Morgan fingerprint density at radius 2 is 1.42 bits per heavy atom. The number of nitrogens with two attached hydrogens (primary N) is 1. The van der Waals surface area contributed by atoms with Crippen molar-refractivity contribution in [2.75, 3.05) is 0 Å².